The summed E-state index contributed by atoms with van der Waals surface area (Å²) in [7, 11) is 1.89. The lowest BCUT2D eigenvalue weighted by atomic mass is 9.98. The summed E-state index contributed by atoms with van der Waals surface area (Å²) in [5.41, 5.74) is -0.709. The van der Waals surface area contributed by atoms with E-state index >= 15 is 0 Å². The van der Waals surface area contributed by atoms with Crippen molar-refractivity contribution in [1.82, 2.24) is 14.9 Å². The average Bonchev–Trinajstić information content (AvgIpc) is 3.12. The molecule has 18 heavy (non-hydrogen) atoms. The summed E-state index contributed by atoms with van der Waals surface area (Å²) in [6.45, 7) is 1.80. The van der Waals surface area contributed by atoms with Gasteiger partial charge in [0.25, 0.3) is 0 Å². The number of nitrogens with zero attached hydrogens (tertiary/aromatic N) is 3. The van der Waals surface area contributed by atoms with E-state index in [9.17, 15) is 4.79 Å². The minimum Gasteiger partial charge on any atom is -0.337 e. The molecule has 0 bridgehead atoms. The van der Waals surface area contributed by atoms with Crippen LogP contribution in [-0.2, 0) is 11.8 Å². The zero-order valence-electron chi connectivity index (χ0n) is 10.5. The fraction of sp³-hybridized carbons (Fsp3) is 0.583. The van der Waals surface area contributed by atoms with Crippen molar-refractivity contribution in [3.63, 3.8) is 0 Å². The van der Waals surface area contributed by atoms with Crippen LogP contribution in [0.3, 0.4) is 0 Å². The van der Waals surface area contributed by atoms with Gasteiger partial charge in [0.05, 0.1) is 11.8 Å². The molecular formula is C12H16N4OS. The van der Waals surface area contributed by atoms with Crippen molar-refractivity contribution in [2.45, 2.75) is 30.5 Å². The molecule has 96 valence electrons. The van der Waals surface area contributed by atoms with Gasteiger partial charge in [0.15, 0.2) is 5.16 Å². The molecule has 1 aromatic heterocycles. The predicted octanol–water partition coefficient (Wildman–Crippen LogP) is 1.32. The van der Waals surface area contributed by atoms with Crippen molar-refractivity contribution < 1.29 is 4.79 Å². The van der Waals surface area contributed by atoms with Gasteiger partial charge in [0, 0.05) is 19.4 Å². The Morgan fingerprint density at radius 1 is 1.78 bits per heavy atom. The van der Waals surface area contributed by atoms with Gasteiger partial charge in [-0.3, -0.25) is 4.79 Å². The Morgan fingerprint density at radius 2 is 2.50 bits per heavy atom. The first kappa shape index (κ1) is 13.0. The Hall–Kier alpha value is -1.48. The van der Waals surface area contributed by atoms with Gasteiger partial charge in [-0.1, -0.05) is 11.8 Å². The molecule has 1 aliphatic rings. The lowest BCUT2D eigenvalue weighted by Gasteiger charge is -2.22. The number of hydrogen-bond donors (Lipinski definition) is 1. The number of amides is 1. The molecule has 0 unspecified atom stereocenters. The maximum absolute atomic E-state index is 11.8. The van der Waals surface area contributed by atoms with Crippen molar-refractivity contribution in [2.24, 2.45) is 13.0 Å². The van der Waals surface area contributed by atoms with Crippen molar-refractivity contribution >= 4 is 17.7 Å². The van der Waals surface area contributed by atoms with Crippen molar-refractivity contribution in [2.75, 3.05) is 5.75 Å². The number of thioether (sulfide) groups is 1. The topological polar surface area (TPSA) is 70.7 Å². The van der Waals surface area contributed by atoms with Crippen molar-refractivity contribution in [3.8, 4) is 6.07 Å². The third-order valence-electron chi connectivity index (χ3n) is 3.13. The second-order valence-corrected chi connectivity index (χ2v) is 5.69. The van der Waals surface area contributed by atoms with E-state index in [4.69, 9.17) is 5.26 Å². The van der Waals surface area contributed by atoms with Crippen molar-refractivity contribution in [3.05, 3.63) is 12.4 Å². The molecule has 1 aromatic rings. The highest BCUT2D eigenvalue weighted by Gasteiger charge is 2.42. The summed E-state index contributed by atoms with van der Waals surface area (Å²) in [5, 5.41) is 12.8. The molecule has 0 spiro atoms. The number of hydrogen-bond acceptors (Lipinski definition) is 4. The van der Waals surface area contributed by atoms with Crippen LogP contribution >= 0.6 is 11.8 Å². The maximum atomic E-state index is 11.8. The van der Waals surface area contributed by atoms with Gasteiger partial charge in [0.2, 0.25) is 5.91 Å². The van der Waals surface area contributed by atoms with E-state index in [2.05, 4.69) is 16.4 Å². The Morgan fingerprint density at radius 3 is 3.00 bits per heavy atom. The molecule has 0 saturated heterocycles. The highest BCUT2D eigenvalue weighted by Crippen LogP contribution is 2.39. The number of aromatic nitrogens is 2. The average molecular weight is 264 g/mol. The second-order valence-electron chi connectivity index (χ2n) is 4.75. The number of imidazole rings is 1. The zero-order chi connectivity index (χ0) is 13.2. The fourth-order valence-electron chi connectivity index (χ4n) is 1.83. The van der Waals surface area contributed by atoms with Crippen LogP contribution in [0, 0.1) is 17.2 Å². The molecule has 1 amide bonds. The molecule has 5 nitrogen and oxygen atoms in total. The number of carbonyl (C=O) groups excluding carboxylic acids is 1. The largest absolute Gasteiger partial charge is 0.337 e. The van der Waals surface area contributed by atoms with E-state index in [1.54, 1.807) is 13.1 Å². The molecule has 0 aromatic carbocycles. The van der Waals surface area contributed by atoms with Gasteiger partial charge in [0.1, 0.15) is 5.54 Å². The van der Waals surface area contributed by atoms with Gasteiger partial charge in [-0.05, 0) is 25.7 Å². The smallest absolute Gasteiger partial charge is 0.231 e. The summed E-state index contributed by atoms with van der Waals surface area (Å²) in [6, 6.07) is 2.21. The fourth-order valence-corrected chi connectivity index (χ4v) is 2.56. The first-order chi connectivity index (χ1) is 8.55. The maximum Gasteiger partial charge on any atom is 0.231 e. The number of rotatable bonds is 5. The Labute approximate surface area is 111 Å². The van der Waals surface area contributed by atoms with E-state index in [0.717, 1.165) is 18.0 Å². The van der Waals surface area contributed by atoms with Crippen LogP contribution in [0.2, 0.25) is 0 Å². The van der Waals surface area contributed by atoms with Crippen LogP contribution in [0.25, 0.3) is 0 Å². The molecule has 1 N–H and O–H groups in total. The molecular weight excluding hydrogens is 248 g/mol. The van der Waals surface area contributed by atoms with Crippen LogP contribution in [0.1, 0.15) is 19.8 Å². The normalized spacial score (nSPS) is 17.8. The van der Waals surface area contributed by atoms with Crippen LogP contribution < -0.4 is 5.32 Å². The number of nitrogens with one attached hydrogen (secondary N) is 1. The summed E-state index contributed by atoms with van der Waals surface area (Å²) in [6.07, 6.45) is 5.58. The van der Waals surface area contributed by atoms with Crippen LogP contribution in [-0.4, -0.2) is 26.8 Å². The summed E-state index contributed by atoms with van der Waals surface area (Å²) in [5.74, 6) is 0.484. The first-order valence-corrected chi connectivity index (χ1v) is 6.86. The summed E-state index contributed by atoms with van der Waals surface area (Å²) in [4.78, 5) is 16.0. The quantitative estimate of drug-likeness (QED) is 0.814. The van der Waals surface area contributed by atoms with Gasteiger partial charge < -0.3 is 9.88 Å². The Kier molecular flexibility index (Phi) is 3.62. The molecule has 1 aliphatic carbocycles. The molecule has 1 atom stereocenters. The third-order valence-corrected chi connectivity index (χ3v) is 4.19. The van der Waals surface area contributed by atoms with Gasteiger partial charge >= 0.3 is 0 Å². The van der Waals surface area contributed by atoms with E-state index in [0.29, 0.717) is 5.92 Å². The van der Waals surface area contributed by atoms with E-state index < -0.39 is 5.54 Å². The number of nitriles is 1. The Balaban J connectivity index is 1.86. The van der Waals surface area contributed by atoms with Gasteiger partial charge in [-0.25, -0.2) is 4.98 Å². The number of carbonyl (C=O) groups is 1. The lowest BCUT2D eigenvalue weighted by molar-refractivity contribution is -0.119. The van der Waals surface area contributed by atoms with Gasteiger partial charge in [-0.2, -0.15) is 5.26 Å². The van der Waals surface area contributed by atoms with E-state index in [-0.39, 0.29) is 11.7 Å². The van der Waals surface area contributed by atoms with E-state index in [1.807, 2.05) is 17.8 Å². The SMILES string of the molecule is Cn1ccnc1SCC(=O)N[C@](C)(C#N)C1CC1. The minimum absolute atomic E-state index is 0.112. The van der Waals surface area contributed by atoms with Crippen LogP contribution in [0.4, 0.5) is 0 Å². The Bertz CT molecular complexity index is 489. The predicted molar refractivity (Wildman–Crippen MR) is 68.8 cm³/mol. The summed E-state index contributed by atoms with van der Waals surface area (Å²) >= 11 is 1.38. The first-order valence-electron chi connectivity index (χ1n) is 5.87. The number of aryl methyl sites for hydroxylation is 1. The lowest BCUT2D eigenvalue weighted by Crippen LogP contribution is -2.47. The molecule has 1 fully saturated rings. The molecule has 1 saturated carbocycles. The monoisotopic (exact) mass is 264 g/mol. The van der Waals surface area contributed by atoms with Gasteiger partial charge in [-0.15, -0.1) is 0 Å². The minimum atomic E-state index is -0.709. The molecule has 6 heteroatoms. The zero-order valence-corrected chi connectivity index (χ0v) is 11.3. The highest BCUT2D eigenvalue weighted by atomic mass is 32.2. The molecule has 0 radical (unpaired) electrons. The highest BCUT2D eigenvalue weighted by molar-refractivity contribution is 7.99. The standard InChI is InChI=1S/C12H16N4OS/c1-12(8-13,9-3-4-9)15-10(17)7-18-11-14-5-6-16(11)2/h5-6,9H,3-4,7H2,1-2H3,(H,15,17)/t12-/m1/s1. The van der Waals surface area contributed by atoms with Crippen LogP contribution in [0.5, 0.6) is 0 Å². The second kappa shape index (κ2) is 5.02. The third kappa shape index (κ3) is 2.85. The molecule has 0 aliphatic heterocycles. The molecule has 1 heterocycles. The van der Waals surface area contributed by atoms with E-state index in [1.165, 1.54) is 11.8 Å². The van der Waals surface area contributed by atoms with Crippen LogP contribution in [0.15, 0.2) is 17.6 Å². The molecule has 2 rings (SSSR count). The van der Waals surface area contributed by atoms with Crippen molar-refractivity contribution in [1.29, 1.82) is 5.26 Å². The summed E-state index contributed by atoms with van der Waals surface area (Å²) < 4.78 is 1.86.